The molecule has 2 rings (SSSR count). The largest absolute Gasteiger partial charge is 0.222 e. The van der Waals surface area contributed by atoms with Crippen LogP contribution in [0.4, 0.5) is 0 Å². The fourth-order valence-electron chi connectivity index (χ4n) is 1.25. The number of rotatable bonds is 1. The smallest absolute Gasteiger partial charge is 0.212 e. The summed E-state index contributed by atoms with van der Waals surface area (Å²) in [6.07, 6.45) is 3.02. The molecule has 0 aliphatic heterocycles. The first-order valence-corrected chi connectivity index (χ1v) is 5.68. The highest BCUT2D eigenvalue weighted by Crippen LogP contribution is 2.23. The van der Waals surface area contributed by atoms with E-state index in [0.29, 0.717) is 0 Å². The van der Waals surface area contributed by atoms with Gasteiger partial charge in [0.1, 0.15) is 5.01 Å². The maximum Gasteiger partial charge on any atom is 0.212 e. The van der Waals surface area contributed by atoms with Gasteiger partial charge in [0.25, 0.3) is 0 Å². The molecule has 4 heteroatoms. The topological polar surface area (TPSA) is 30.2 Å². The minimum atomic E-state index is 0.111. The summed E-state index contributed by atoms with van der Waals surface area (Å²) in [5.74, 6) is 0. The Labute approximate surface area is 87.8 Å². The van der Waals surface area contributed by atoms with E-state index < -0.39 is 0 Å². The van der Waals surface area contributed by atoms with E-state index in [1.165, 1.54) is 0 Å². The summed E-state index contributed by atoms with van der Waals surface area (Å²) in [5, 5.41) is 5.58. The standard InChI is InChI=1S/C10H15N3S/c1-5-8-12-13-6-7(10(2,3)4)11-9(13)14-8/h6H,5H2,1-4H3. The first-order valence-electron chi connectivity index (χ1n) is 4.86. The molecule has 0 spiro atoms. The molecule has 2 heterocycles. The van der Waals surface area contributed by atoms with Crippen molar-refractivity contribution in [2.24, 2.45) is 0 Å². The Balaban J connectivity index is 2.49. The summed E-state index contributed by atoms with van der Waals surface area (Å²) in [7, 11) is 0. The zero-order valence-corrected chi connectivity index (χ0v) is 9.85. The molecule has 0 saturated heterocycles. The molecule has 76 valence electrons. The molecule has 0 amide bonds. The number of hydrogen-bond donors (Lipinski definition) is 0. The van der Waals surface area contributed by atoms with E-state index in [2.05, 4.69) is 37.8 Å². The predicted octanol–water partition coefficient (Wildman–Crippen LogP) is 2.65. The van der Waals surface area contributed by atoms with Crippen molar-refractivity contribution < 1.29 is 0 Å². The third-order valence-electron chi connectivity index (χ3n) is 2.16. The van der Waals surface area contributed by atoms with Crippen LogP contribution >= 0.6 is 11.3 Å². The van der Waals surface area contributed by atoms with Gasteiger partial charge in [-0.15, -0.1) is 0 Å². The number of nitrogens with zero attached hydrogens (tertiary/aromatic N) is 3. The Morgan fingerprint density at radius 2 is 2.14 bits per heavy atom. The average molecular weight is 209 g/mol. The second-order valence-corrected chi connectivity index (χ2v) is 5.49. The normalized spacial score (nSPS) is 12.6. The molecule has 2 aromatic heterocycles. The highest BCUT2D eigenvalue weighted by molar-refractivity contribution is 7.16. The summed E-state index contributed by atoms with van der Waals surface area (Å²) in [6.45, 7) is 8.61. The molecule has 0 atom stereocenters. The Morgan fingerprint density at radius 1 is 1.43 bits per heavy atom. The number of fused-ring (bicyclic) bond motifs is 1. The van der Waals surface area contributed by atoms with Gasteiger partial charge in [-0.05, 0) is 6.42 Å². The van der Waals surface area contributed by atoms with Crippen LogP contribution in [0.25, 0.3) is 4.96 Å². The van der Waals surface area contributed by atoms with Crippen LogP contribution in [0.1, 0.15) is 38.4 Å². The minimum Gasteiger partial charge on any atom is -0.222 e. The lowest BCUT2D eigenvalue weighted by Crippen LogP contribution is -2.11. The highest BCUT2D eigenvalue weighted by Gasteiger charge is 2.18. The van der Waals surface area contributed by atoms with Gasteiger partial charge in [-0.3, -0.25) is 0 Å². The Morgan fingerprint density at radius 3 is 2.64 bits per heavy atom. The van der Waals surface area contributed by atoms with E-state index in [1.807, 2.05) is 10.7 Å². The van der Waals surface area contributed by atoms with Gasteiger partial charge in [0.2, 0.25) is 4.96 Å². The minimum absolute atomic E-state index is 0.111. The van der Waals surface area contributed by atoms with Crippen LogP contribution in [0.15, 0.2) is 6.20 Å². The van der Waals surface area contributed by atoms with Crippen molar-refractivity contribution in [3.8, 4) is 0 Å². The van der Waals surface area contributed by atoms with E-state index in [9.17, 15) is 0 Å². The molecule has 14 heavy (non-hydrogen) atoms. The molecular weight excluding hydrogens is 194 g/mol. The maximum atomic E-state index is 4.57. The second kappa shape index (κ2) is 3.05. The maximum absolute atomic E-state index is 4.57. The van der Waals surface area contributed by atoms with Gasteiger partial charge in [-0.1, -0.05) is 39.0 Å². The van der Waals surface area contributed by atoms with Crippen molar-refractivity contribution in [3.05, 3.63) is 16.9 Å². The number of hydrogen-bond acceptors (Lipinski definition) is 3. The molecule has 0 N–H and O–H groups in total. The van der Waals surface area contributed by atoms with E-state index in [0.717, 1.165) is 22.1 Å². The van der Waals surface area contributed by atoms with Crippen molar-refractivity contribution in [2.45, 2.75) is 39.5 Å². The van der Waals surface area contributed by atoms with Crippen LogP contribution in [0, 0.1) is 0 Å². The van der Waals surface area contributed by atoms with Crippen LogP contribution in [-0.2, 0) is 11.8 Å². The van der Waals surface area contributed by atoms with Crippen LogP contribution in [0.5, 0.6) is 0 Å². The predicted molar refractivity (Wildman–Crippen MR) is 58.9 cm³/mol. The summed E-state index contributed by atoms with van der Waals surface area (Å²) in [4.78, 5) is 5.58. The van der Waals surface area contributed by atoms with Gasteiger partial charge in [0.15, 0.2) is 0 Å². The van der Waals surface area contributed by atoms with Gasteiger partial charge >= 0.3 is 0 Å². The molecule has 0 radical (unpaired) electrons. The molecule has 3 nitrogen and oxygen atoms in total. The SMILES string of the molecule is CCc1nn2cc(C(C)(C)C)nc2s1. The van der Waals surface area contributed by atoms with Crippen LogP contribution in [-0.4, -0.2) is 14.6 Å². The Hall–Kier alpha value is -0.900. The zero-order chi connectivity index (χ0) is 10.3. The summed E-state index contributed by atoms with van der Waals surface area (Å²) in [6, 6.07) is 0. The third kappa shape index (κ3) is 1.54. The van der Waals surface area contributed by atoms with Crippen molar-refractivity contribution in [1.29, 1.82) is 0 Å². The quantitative estimate of drug-likeness (QED) is 0.722. The fraction of sp³-hybridized carbons (Fsp3) is 0.600. The number of aromatic nitrogens is 3. The van der Waals surface area contributed by atoms with Gasteiger partial charge < -0.3 is 0 Å². The van der Waals surface area contributed by atoms with Crippen LogP contribution in [0.2, 0.25) is 0 Å². The Bertz CT molecular complexity index is 416. The van der Waals surface area contributed by atoms with E-state index >= 15 is 0 Å². The number of aryl methyl sites for hydroxylation is 1. The molecule has 0 aliphatic carbocycles. The monoisotopic (exact) mass is 209 g/mol. The lowest BCUT2D eigenvalue weighted by Gasteiger charge is -2.13. The van der Waals surface area contributed by atoms with Crippen molar-refractivity contribution in [3.63, 3.8) is 0 Å². The lowest BCUT2D eigenvalue weighted by atomic mass is 9.93. The van der Waals surface area contributed by atoms with Gasteiger partial charge in [-0.25, -0.2) is 9.50 Å². The van der Waals surface area contributed by atoms with E-state index in [-0.39, 0.29) is 5.41 Å². The van der Waals surface area contributed by atoms with Crippen LogP contribution in [0.3, 0.4) is 0 Å². The van der Waals surface area contributed by atoms with Crippen LogP contribution < -0.4 is 0 Å². The van der Waals surface area contributed by atoms with Gasteiger partial charge in [0.05, 0.1) is 11.9 Å². The van der Waals surface area contributed by atoms with Crippen molar-refractivity contribution in [2.75, 3.05) is 0 Å². The third-order valence-corrected chi connectivity index (χ3v) is 3.22. The Kier molecular flexibility index (Phi) is 2.10. The van der Waals surface area contributed by atoms with E-state index in [1.54, 1.807) is 11.3 Å². The molecule has 0 aliphatic rings. The summed E-state index contributed by atoms with van der Waals surface area (Å²) >= 11 is 1.67. The van der Waals surface area contributed by atoms with E-state index in [4.69, 9.17) is 0 Å². The molecule has 0 aromatic carbocycles. The summed E-state index contributed by atoms with van der Waals surface area (Å²) in [5.41, 5.74) is 1.22. The second-order valence-electron chi connectivity index (χ2n) is 4.45. The first kappa shape index (κ1) is 9.65. The number of imidazole rings is 1. The highest BCUT2D eigenvalue weighted by atomic mass is 32.1. The molecule has 0 bridgehead atoms. The fourth-order valence-corrected chi connectivity index (χ4v) is 2.06. The van der Waals surface area contributed by atoms with Gasteiger partial charge in [0, 0.05) is 5.41 Å². The van der Waals surface area contributed by atoms with Gasteiger partial charge in [-0.2, -0.15) is 5.10 Å². The molecular formula is C10H15N3S. The zero-order valence-electron chi connectivity index (χ0n) is 9.03. The first-order chi connectivity index (χ1) is 6.50. The molecule has 0 unspecified atom stereocenters. The lowest BCUT2D eigenvalue weighted by molar-refractivity contribution is 0.572. The molecule has 0 saturated carbocycles. The van der Waals surface area contributed by atoms with Crippen molar-refractivity contribution in [1.82, 2.24) is 14.6 Å². The molecule has 2 aromatic rings. The summed E-state index contributed by atoms with van der Waals surface area (Å²) < 4.78 is 1.89. The molecule has 0 fully saturated rings. The van der Waals surface area contributed by atoms with Crippen molar-refractivity contribution >= 4 is 16.3 Å². The average Bonchev–Trinajstić information content (AvgIpc) is 2.56.